The van der Waals surface area contributed by atoms with E-state index in [4.69, 9.17) is 15.0 Å². The quantitative estimate of drug-likeness (QED) is 0.177. The second kappa shape index (κ2) is 12.8. The summed E-state index contributed by atoms with van der Waals surface area (Å²) in [5, 5.41) is 7.35. The SMILES string of the molecule is c1ccc(-c2nc(-n3c4ccccc4c4cc(-c5ccc(-c6cc7c(c8ccccc68)c6ccccc6n7-c6ccccc6)cc5)ccc43)nc3cccnc23)cc1. The van der Waals surface area contributed by atoms with Crippen LogP contribution in [0.4, 0.5) is 0 Å². The van der Waals surface area contributed by atoms with Gasteiger partial charge in [-0.1, -0.05) is 140 Å². The number of hydrogen-bond donors (Lipinski definition) is 0. The Kier molecular flexibility index (Phi) is 7.16. The summed E-state index contributed by atoms with van der Waals surface area (Å²) in [4.78, 5) is 15.0. The molecule has 0 saturated heterocycles. The van der Waals surface area contributed by atoms with Gasteiger partial charge in [-0.05, 0) is 87.6 Å². The van der Waals surface area contributed by atoms with Crippen molar-refractivity contribution in [2.24, 2.45) is 0 Å². The molecule has 0 amide bonds. The molecule has 0 spiro atoms. The van der Waals surface area contributed by atoms with Crippen molar-refractivity contribution in [2.75, 3.05) is 0 Å². The van der Waals surface area contributed by atoms with Gasteiger partial charge in [0, 0.05) is 39.0 Å². The van der Waals surface area contributed by atoms with Crippen LogP contribution in [0.2, 0.25) is 0 Å². The van der Waals surface area contributed by atoms with E-state index in [0.29, 0.717) is 5.95 Å². The van der Waals surface area contributed by atoms with Gasteiger partial charge in [0.15, 0.2) is 0 Å². The second-order valence-electron chi connectivity index (χ2n) is 14.8. The fourth-order valence-electron chi connectivity index (χ4n) is 8.99. The molecule has 4 heterocycles. The highest BCUT2D eigenvalue weighted by Gasteiger charge is 2.20. The smallest absolute Gasteiger partial charge is 0.235 e. The van der Waals surface area contributed by atoms with Crippen molar-refractivity contribution in [1.29, 1.82) is 0 Å². The van der Waals surface area contributed by atoms with Gasteiger partial charge in [-0.15, -0.1) is 0 Å². The zero-order valence-corrected chi connectivity index (χ0v) is 31.3. The van der Waals surface area contributed by atoms with Crippen molar-refractivity contribution >= 4 is 65.4 Å². The molecule has 0 saturated carbocycles. The molecule has 12 aromatic rings. The zero-order chi connectivity index (χ0) is 38.2. The molecule has 0 radical (unpaired) electrons. The maximum atomic E-state index is 5.20. The summed E-state index contributed by atoms with van der Waals surface area (Å²) in [5.41, 5.74) is 13.8. The van der Waals surface area contributed by atoms with Gasteiger partial charge in [0.05, 0.1) is 27.6 Å². The van der Waals surface area contributed by atoms with Crippen LogP contribution in [-0.2, 0) is 0 Å². The van der Waals surface area contributed by atoms with Crippen molar-refractivity contribution in [3.63, 3.8) is 0 Å². The van der Waals surface area contributed by atoms with E-state index in [1.54, 1.807) is 6.20 Å². The Labute approximate surface area is 333 Å². The lowest BCUT2D eigenvalue weighted by atomic mass is 9.93. The van der Waals surface area contributed by atoms with E-state index in [-0.39, 0.29) is 0 Å². The largest absolute Gasteiger partial charge is 0.309 e. The first-order chi connectivity index (χ1) is 28.8. The van der Waals surface area contributed by atoms with Crippen LogP contribution in [0.25, 0.3) is 111 Å². The molecule has 12 rings (SSSR count). The Morgan fingerprint density at radius 1 is 0.362 bits per heavy atom. The Bertz CT molecular complexity index is 3550. The summed E-state index contributed by atoms with van der Waals surface area (Å²) in [5.74, 6) is 0.623. The molecule has 0 bridgehead atoms. The third-order valence-corrected chi connectivity index (χ3v) is 11.6. The summed E-state index contributed by atoms with van der Waals surface area (Å²) in [6.07, 6.45) is 1.80. The van der Waals surface area contributed by atoms with Crippen LogP contribution in [0.5, 0.6) is 0 Å². The molecule has 5 heteroatoms. The van der Waals surface area contributed by atoms with Crippen molar-refractivity contribution < 1.29 is 0 Å². The number of benzene rings is 8. The normalized spacial score (nSPS) is 11.8. The number of nitrogens with zero attached hydrogens (tertiary/aromatic N) is 5. The molecule has 58 heavy (non-hydrogen) atoms. The average Bonchev–Trinajstić information content (AvgIpc) is 3.82. The van der Waals surface area contributed by atoms with Gasteiger partial charge < -0.3 is 4.57 Å². The van der Waals surface area contributed by atoms with Crippen LogP contribution in [0.1, 0.15) is 0 Å². The zero-order valence-electron chi connectivity index (χ0n) is 31.3. The molecule has 270 valence electrons. The highest BCUT2D eigenvalue weighted by molar-refractivity contribution is 6.24. The number of aromatic nitrogens is 5. The number of pyridine rings is 1. The van der Waals surface area contributed by atoms with Crippen molar-refractivity contribution in [3.8, 4) is 45.1 Å². The van der Waals surface area contributed by atoms with E-state index in [2.05, 4.69) is 173 Å². The summed E-state index contributed by atoms with van der Waals surface area (Å²) in [7, 11) is 0. The van der Waals surface area contributed by atoms with E-state index < -0.39 is 0 Å². The average molecular weight is 740 g/mol. The van der Waals surface area contributed by atoms with Gasteiger partial charge in [-0.3, -0.25) is 9.55 Å². The van der Waals surface area contributed by atoms with Gasteiger partial charge in [0.1, 0.15) is 11.2 Å². The Hall–Kier alpha value is -7.89. The maximum absolute atomic E-state index is 5.20. The van der Waals surface area contributed by atoms with Crippen molar-refractivity contribution in [3.05, 3.63) is 200 Å². The molecule has 4 aromatic heterocycles. The Morgan fingerprint density at radius 3 is 1.78 bits per heavy atom. The van der Waals surface area contributed by atoms with Gasteiger partial charge in [-0.25, -0.2) is 9.97 Å². The van der Waals surface area contributed by atoms with E-state index in [0.717, 1.165) is 60.9 Å². The van der Waals surface area contributed by atoms with Gasteiger partial charge in [-0.2, -0.15) is 0 Å². The molecule has 0 aliphatic heterocycles. The Morgan fingerprint density at radius 2 is 0.983 bits per heavy atom. The highest BCUT2D eigenvalue weighted by Crippen LogP contribution is 2.42. The summed E-state index contributed by atoms with van der Waals surface area (Å²) >= 11 is 0. The molecule has 0 aliphatic carbocycles. The minimum absolute atomic E-state index is 0.623. The van der Waals surface area contributed by atoms with Crippen molar-refractivity contribution in [1.82, 2.24) is 24.1 Å². The monoisotopic (exact) mass is 739 g/mol. The molecular weight excluding hydrogens is 707 g/mol. The van der Waals surface area contributed by atoms with Crippen LogP contribution >= 0.6 is 0 Å². The molecular formula is C53H33N5. The van der Waals surface area contributed by atoms with Crippen LogP contribution in [-0.4, -0.2) is 24.1 Å². The van der Waals surface area contributed by atoms with E-state index in [1.165, 1.54) is 43.7 Å². The maximum Gasteiger partial charge on any atom is 0.235 e. The van der Waals surface area contributed by atoms with Crippen LogP contribution in [0.15, 0.2) is 200 Å². The predicted molar refractivity (Wildman–Crippen MR) is 240 cm³/mol. The van der Waals surface area contributed by atoms with E-state index in [1.807, 2.05) is 30.3 Å². The summed E-state index contributed by atoms with van der Waals surface area (Å²) < 4.78 is 4.59. The fourth-order valence-corrected chi connectivity index (χ4v) is 8.99. The fraction of sp³-hybridized carbons (Fsp3) is 0. The number of fused-ring (bicyclic) bond motifs is 9. The first-order valence-electron chi connectivity index (χ1n) is 19.6. The molecule has 0 unspecified atom stereocenters. The molecule has 8 aromatic carbocycles. The van der Waals surface area contributed by atoms with Crippen LogP contribution in [0, 0.1) is 0 Å². The van der Waals surface area contributed by atoms with E-state index >= 15 is 0 Å². The number of para-hydroxylation sites is 3. The minimum Gasteiger partial charge on any atom is -0.309 e. The van der Waals surface area contributed by atoms with Gasteiger partial charge >= 0.3 is 0 Å². The lowest BCUT2D eigenvalue weighted by molar-refractivity contribution is 1.01. The lowest BCUT2D eigenvalue weighted by Crippen LogP contribution is -2.04. The summed E-state index contributed by atoms with van der Waals surface area (Å²) in [6, 6.07) is 69.2. The molecule has 0 atom stereocenters. The molecule has 0 aliphatic rings. The van der Waals surface area contributed by atoms with Crippen LogP contribution < -0.4 is 0 Å². The second-order valence-corrected chi connectivity index (χ2v) is 14.8. The van der Waals surface area contributed by atoms with Gasteiger partial charge in [0.25, 0.3) is 0 Å². The third-order valence-electron chi connectivity index (χ3n) is 11.6. The third kappa shape index (κ3) is 4.93. The van der Waals surface area contributed by atoms with Gasteiger partial charge in [0.2, 0.25) is 5.95 Å². The topological polar surface area (TPSA) is 48.5 Å². The number of rotatable bonds is 5. The van der Waals surface area contributed by atoms with Crippen molar-refractivity contribution in [2.45, 2.75) is 0 Å². The van der Waals surface area contributed by atoms with E-state index in [9.17, 15) is 0 Å². The first kappa shape index (κ1) is 32.4. The molecule has 0 N–H and O–H groups in total. The minimum atomic E-state index is 0.623. The highest BCUT2D eigenvalue weighted by atomic mass is 15.2. The molecule has 5 nitrogen and oxygen atoms in total. The lowest BCUT2D eigenvalue weighted by Gasteiger charge is -2.13. The predicted octanol–water partition coefficient (Wildman–Crippen LogP) is 13.4. The summed E-state index contributed by atoms with van der Waals surface area (Å²) in [6.45, 7) is 0. The first-order valence-corrected chi connectivity index (χ1v) is 19.6. The standard InChI is InChI=1S/C53H33N5/c1-3-14-36(15-4-1)51-52-45(22-13-31-54-52)55-53(56-51)58-46-23-11-9-19-40(46)44-32-37(29-30-48(44)58)34-25-27-35(28-26-34)43-33-49-50(41-20-8-7-18-39(41)43)42-21-10-12-24-47(42)57(49)38-16-5-2-6-17-38/h1-33H. The number of hydrogen-bond acceptors (Lipinski definition) is 3. The van der Waals surface area contributed by atoms with Crippen LogP contribution in [0.3, 0.4) is 0 Å². The molecule has 0 fully saturated rings. The Balaban J connectivity index is 1.00.